The molecule has 94 valence electrons. The number of hydrogen-bond donors (Lipinski definition) is 1. The Morgan fingerprint density at radius 3 is 2.56 bits per heavy atom. The van der Waals surface area contributed by atoms with Crippen LogP contribution in [-0.4, -0.2) is 34.2 Å². The van der Waals surface area contributed by atoms with Gasteiger partial charge in [-0.2, -0.15) is 0 Å². The van der Waals surface area contributed by atoms with Crippen molar-refractivity contribution >= 4 is 0 Å². The van der Waals surface area contributed by atoms with Crippen molar-refractivity contribution in [2.24, 2.45) is 5.92 Å². The van der Waals surface area contributed by atoms with E-state index in [1.54, 1.807) is 0 Å². The number of nitrogens with zero attached hydrogens (tertiary/aromatic N) is 1. The van der Waals surface area contributed by atoms with Gasteiger partial charge in [0.25, 0.3) is 0 Å². The van der Waals surface area contributed by atoms with Gasteiger partial charge in [-0.05, 0) is 39.2 Å². The minimum absolute atomic E-state index is 0.379. The van der Waals surface area contributed by atoms with Crippen LogP contribution < -0.4 is 0 Å². The minimum atomic E-state index is -0.379. The second-order valence-corrected chi connectivity index (χ2v) is 5.80. The third-order valence-corrected chi connectivity index (χ3v) is 5.04. The van der Waals surface area contributed by atoms with Crippen LogP contribution in [0.5, 0.6) is 0 Å². The first kappa shape index (κ1) is 12.4. The third-order valence-electron chi connectivity index (χ3n) is 5.04. The number of rotatable bonds is 2. The van der Waals surface area contributed by atoms with Crippen molar-refractivity contribution in [1.29, 1.82) is 0 Å². The van der Waals surface area contributed by atoms with Crippen LogP contribution >= 0.6 is 0 Å². The fraction of sp³-hybridized carbons (Fsp3) is 1.00. The standard InChI is InChI=1S/C14H27NO/c1-4-14(16)10-11(3)15(5-2)13-9-7-6-8-12(13)14/h11-13,16H,4-10H2,1-3H3/t11-,12+,13+,14-/m0/s1. The average Bonchev–Trinajstić information content (AvgIpc) is 2.30. The highest BCUT2D eigenvalue weighted by Crippen LogP contribution is 2.44. The molecule has 1 aliphatic carbocycles. The Balaban J connectivity index is 2.22. The van der Waals surface area contributed by atoms with Crippen molar-refractivity contribution in [1.82, 2.24) is 4.90 Å². The molecule has 2 fully saturated rings. The lowest BCUT2D eigenvalue weighted by Gasteiger charge is -2.55. The molecule has 2 rings (SSSR count). The predicted molar refractivity (Wildman–Crippen MR) is 67.4 cm³/mol. The molecule has 0 aromatic rings. The van der Waals surface area contributed by atoms with Gasteiger partial charge in [0.1, 0.15) is 0 Å². The van der Waals surface area contributed by atoms with E-state index in [1.165, 1.54) is 25.7 Å². The summed E-state index contributed by atoms with van der Waals surface area (Å²) in [6.45, 7) is 7.84. The van der Waals surface area contributed by atoms with Gasteiger partial charge in [0.05, 0.1) is 5.60 Å². The molecule has 0 aromatic heterocycles. The summed E-state index contributed by atoms with van der Waals surface area (Å²) in [5, 5.41) is 10.8. The van der Waals surface area contributed by atoms with Gasteiger partial charge < -0.3 is 5.11 Å². The topological polar surface area (TPSA) is 23.5 Å². The normalized spacial score (nSPS) is 45.4. The molecule has 0 aromatic carbocycles. The molecule has 1 aliphatic heterocycles. The fourth-order valence-electron chi connectivity index (χ4n) is 4.19. The zero-order valence-corrected chi connectivity index (χ0v) is 11.1. The lowest BCUT2D eigenvalue weighted by Crippen LogP contribution is -2.61. The van der Waals surface area contributed by atoms with E-state index in [-0.39, 0.29) is 5.60 Å². The number of hydrogen-bond acceptors (Lipinski definition) is 2. The maximum atomic E-state index is 10.8. The first-order valence-electron chi connectivity index (χ1n) is 7.10. The molecule has 0 spiro atoms. The van der Waals surface area contributed by atoms with Crippen LogP contribution in [0.2, 0.25) is 0 Å². The molecule has 2 aliphatic rings. The molecule has 0 bridgehead atoms. The second-order valence-electron chi connectivity index (χ2n) is 5.80. The number of aliphatic hydroxyl groups is 1. The van der Waals surface area contributed by atoms with Crippen molar-refractivity contribution < 1.29 is 5.11 Å². The SMILES string of the molecule is CCN1[C@@H]2CCCC[C@H]2[C@](O)(CC)C[C@@H]1C. The van der Waals surface area contributed by atoms with Crippen LogP contribution in [0, 0.1) is 5.92 Å². The Morgan fingerprint density at radius 2 is 1.94 bits per heavy atom. The van der Waals surface area contributed by atoms with E-state index >= 15 is 0 Å². The second kappa shape index (κ2) is 4.66. The van der Waals surface area contributed by atoms with Gasteiger partial charge in [-0.1, -0.05) is 26.7 Å². The zero-order chi connectivity index (χ0) is 11.8. The molecule has 0 radical (unpaired) electrons. The quantitative estimate of drug-likeness (QED) is 0.781. The molecule has 1 N–H and O–H groups in total. The molecule has 0 amide bonds. The number of piperidine rings is 1. The maximum absolute atomic E-state index is 10.8. The Hall–Kier alpha value is -0.0800. The number of likely N-dealkylation sites (tertiary alicyclic amines) is 1. The Labute approximate surface area is 100 Å². The molecule has 1 saturated carbocycles. The van der Waals surface area contributed by atoms with Crippen molar-refractivity contribution in [3.63, 3.8) is 0 Å². The van der Waals surface area contributed by atoms with Crippen molar-refractivity contribution in [2.75, 3.05) is 6.54 Å². The molecular weight excluding hydrogens is 198 g/mol. The highest BCUT2D eigenvalue weighted by Gasteiger charge is 2.48. The van der Waals surface area contributed by atoms with E-state index in [0.29, 0.717) is 18.0 Å². The summed E-state index contributed by atoms with van der Waals surface area (Å²) in [6, 6.07) is 1.20. The van der Waals surface area contributed by atoms with Gasteiger partial charge >= 0.3 is 0 Å². The largest absolute Gasteiger partial charge is 0.389 e. The fourth-order valence-corrected chi connectivity index (χ4v) is 4.19. The summed E-state index contributed by atoms with van der Waals surface area (Å²) in [5.41, 5.74) is -0.379. The third kappa shape index (κ3) is 1.91. The van der Waals surface area contributed by atoms with E-state index in [1.807, 2.05) is 0 Å². The van der Waals surface area contributed by atoms with Crippen LogP contribution in [0.4, 0.5) is 0 Å². The summed E-state index contributed by atoms with van der Waals surface area (Å²) in [6.07, 6.45) is 7.09. The summed E-state index contributed by atoms with van der Waals surface area (Å²) in [5.74, 6) is 0.530. The minimum Gasteiger partial charge on any atom is -0.389 e. The summed E-state index contributed by atoms with van der Waals surface area (Å²) in [7, 11) is 0. The van der Waals surface area contributed by atoms with E-state index in [0.717, 1.165) is 19.4 Å². The van der Waals surface area contributed by atoms with E-state index < -0.39 is 0 Å². The number of fused-ring (bicyclic) bond motifs is 1. The molecule has 16 heavy (non-hydrogen) atoms. The molecule has 2 nitrogen and oxygen atoms in total. The monoisotopic (exact) mass is 225 g/mol. The van der Waals surface area contributed by atoms with Crippen molar-refractivity contribution in [2.45, 2.75) is 77.0 Å². The van der Waals surface area contributed by atoms with E-state index in [2.05, 4.69) is 25.7 Å². The van der Waals surface area contributed by atoms with Crippen LogP contribution in [0.25, 0.3) is 0 Å². The van der Waals surface area contributed by atoms with Crippen LogP contribution in [-0.2, 0) is 0 Å². The predicted octanol–water partition coefficient (Wildman–Crippen LogP) is 2.80. The van der Waals surface area contributed by atoms with Gasteiger partial charge in [-0.3, -0.25) is 4.90 Å². The molecule has 1 heterocycles. The lowest BCUT2D eigenvalue weighted by atomic mass is 9.66. The van der Waals surface area contributed by atoms with Crippen LogP contribution in [0.3, 0.4) is 0 Å². The average molecular weight is 225 g/mol. The summed E-state index contributed by atoms with van der Waals surface area (Å²) < 4.78 is 0. The molecular formula is C14H27NO. The summed E-state index contributed by atoms with van der Waals surface area (Å²) in [4.78, 5) is 2.63. The van der Waals surface area contributed by atoms with Crippen LogP contribution in [0.1, 0.15) is 59.3 Å². The highest BCUT2D eigenvalue weighted by atomic mass is 16.3. The smallest absolute Gasteiger partial charge is 0.0702 e. The lowest BCUT2D eigenvalue weighted by molar-refractivity contribution is -0.134. The van der Waals surface area contributed by atoms with Crippen molar-refractivity contribution in [3.8, 4) is 0 Å². The molecule has 1 saturated heterocycles. The van der Waals surface area contributed by atoms with Crippen molar-refractivity contribution in [3.05, 3.63) is 0 Å². The van der Waals surface area contributed by atoms with Crippen LogP contribution in [0.15, 0.2) is 0 Å². The van der Waals surface area contributed by atoms with E-state index in [9.17, 15) is 5.11 Å². The Kier molecular flexibility index (Phi) is 3.60. The van der Waals surface area contributed by atoms with Gasteiger partial charge in [0.2, 0.25) is 0 Å². The molecule has 2 heteroatoms. The first-order valence-corrected chi connectivity index (χ1v) is 7.10. The highest BCUT2D eigenvalue weighted by molar-refractivity contribution is 5.02. The molecule has 0 unspecified atom stereocenters. The maximum Gasteiger partial charge on any atom is 0.0702 e. The molecule has 4 atom stereocenters. The van der Waals surface area contributed by atoms with Gasteiger partial charge in [0, 0.05) is 18.0 Å². The Morgan fingerprint density at radius 1 is 1.25 bits per heavy atom. The Bertz CT molecular complexity index is 243. The van der Waals surface area contributed by atoms with Gasteiger partial charge in [0.15, 0.2) is 0 Å². The summed E-state index contributed by atoms with van der Waals surface area (Å²) >= 11 is 0. The zero-order valence-electron chi connectivity index (χ0n) is 11.1. The van der Waals surface area contributed by atoms with Gasteiger partial charge in [-0.25, -0.2) is 0 Å². The van der Waals surface area contributed by atoms with E-state index in [4.69, 9.17) is 0 Å². The first-order chi connectivity index (χ1) is 7.62. The van der Waals surface area contributed by atoms with Gasteiger partial charge in [-0.15, -0.1) is 0 Å².